The van der Waals surface area contributed by atoms with Crippen LogP contribution < -0.4 is 10.6 Å². The van der Waals surface area contributed by atoms with E-state index in [-0.39, 0.29) is 36.4 Å². The first-order chi connectivity index (χ1) is 9.63. The van der Waals surface area contributed by atoms with Crippen molar-refractivity contribution < 1.29 is 4.79 Å². The average molecular weight is 408 g/mol. The standard InChI is InChI=1S/C15H28N4O.HI/c1-4-10-16-15(18-12-14(20)19(2)3)17-11-13-8-6-5-7-9-13;/h4,13H,1,5-12H2,2-3H3,(H2,16,17,18);1H. The first kappa shape index (κ1) is 20.2. The summed E-state index contributed by atoms with van der Waals surface area (Å²) in [5.74, 6) is 1.43. The summed E-state index contributed by atoms with van der Waals surface area (Å²) in [4.78, 5) is 17.4. The fourth-order valence-corrected chi connectivity index (χ4v) is 2.26. The summed E-state index contributed by atoms with van der Waals surface area (Å²) in [7, 11) is 3.48. The van der Waals surface area contributed by atoms with Gasteiger partial charge in [0.1, 0.15) is 6.54 Å². The molecule has 0 aromatic carbocycles. The van der Waals surface area contributed by atoms with Crippen molar-refractivity contribution in [3.05, 3.63) is 12.7 Å². The molecule has 0 saturated heterocycles. The Morgan fingerprint density at radius 1 is 1.29 bits per heavy atom. The van der Waals surface area contributed by atoms with Crippen molar-refractivity contribution in [1.82, 2.24) is 15.5 Å². The molecule has 6 heteroatoms. The normalized spacial score (nSPS) is 15.8. The van der Waals surface area contributed by atoms with Gasteiger partial charge in [-0.3, -0.25) is 4.79 Å². The van der Waals surface area contributed by atoms with Crippen molar-refractivity contribution in [3.8, 4) is 0 Å². The van der Waals surface area contributed by atoms with Gasteiger partial charge in [0.15, 0.2) is 5.96 Å². The molecule has 21 heavy (non-hydrogen) atoms. The predicted molar refractivity (Wildman–Crippen MR) is 99.2 cm³/mol. The maximum Gasteiger partial charge on any atom is 0.243 e. The van der Waals surface area contributed by atoms with E-state index in [0.717, 1.165) is 12.5 Å². The molecule has 0 bridgehead atoms. The Kier molecular flexibility index (Phi) is 11.4. The first-order valence-corrected chi connectivity index (χ1v) is 7.46. The summed E-state index contributed by atoms with van der Waals surface area (Å²) in [6, 6.07) is 0. The van der Waals surface area contributed by atoms with E-state index in [1.807, 2.05) is 0 Å². The molecule has 1 amide bonds. The van der Waals surface area contributed by atoms with E-state index in [2.05, 4.69) is 22.2 Å². The number of hydrogen-bond donors (Lipinski definition) is 2. The summed E-state index contributed by atoms with van der Waals surface area (Å²) >= 11 is 0. The number of nitrogens with zero attached hydrogens (tertiary/aromatic N) is 2. The first-order valence-electron chi connectivity index (χ1n) is 7.46. The zero-order chi connectivity index (χ0) is 14.8. The van der Waals surface area contributed by atoms with Crippen LogP contribution in [0.25, 0.3) is 0 Å². The molecule has 5 nitrogen and oxygen atoms in total. The molecule has 0 radical (unpaired) electrons. The molecule has 0 atom stereocenters. The summed E-state index contributed by atoms with van der Waals surface area (Å²) in [5, 5.41) is 6.49. The minimum atomic E-state index is 0. The van der Waals surface area contributed by atoms with Crippen molar-refractivity contribution in [1.29, 1.82) is 0 Å². The summed E-state index contributed by atoms with van der Waals surface area (Å²) in [6.45, 7) is 5.43. The molecule has 2 N–H and O–H groups in total. The second-order valence-corrected chi connectivity index (χ2v) is 5.51. The van der Waals surface area contributed by atoms with Gasteiger partial charge in [0.05, 0.1) is 0 Å². The highest BCUT2D eigenvalue weighted by Crippen LogP contribution is 2.22. The Morgan fingerprint density at radius 2 is 1.95 bits per heavy atom. The number of hydrogen-bond acceptors (Lipinski definition) is 2. The summed E-state index contributed by atoms with van der Waals surface area (Å²) in [6.07, 6.45) is 8.39. The molecule has 0 aliphatic heterocycles. The lowest BCUT2D eigenvalue weighted by Gasteiger charge is -2.23. The Hall–Kier alpha value is -0.790. The molecule has 122 valence electrons. The summed E-state index contributed by atoms with van der Waals surface area (Å²) < 4.78 is 0. The van der Waals surface area contributed by atoms with Crippen molar-refractivity contribution >= 4 is 35.8 Å². The Morgan fingerprint density at radius 3 is 2.52 bits per heavy atom. The number of carbonyl (C=O) groups is 1. The van der Waals surface area contributed by atoms with Gasteiger partial charge in [0.25, 0.3) is 0 Å². The zero-order valence-electron chi connectivity index (χ0n) is 13.2. The van der Waals surface area contributed by atoms with Crippen molar-refractivity contribution in [3.63, 3.8) is 0 Å². The van der Waals surface area contributed by atoms with Crippen LogP contribution in [0.4, 0.5) is 0 Å². The van der Waals surface area contributed by atoms with Gasteiger partial charge >= 0.3 is 0 Å². The largest absolute Gasteiger partial charge is 0.356 e. The lowest BCUT2D eigenvalue weighted by Crippen LogP contribution is -2.41. The van der Waals surface area contributed by atoms with Crippen molar-refractivity contribution in [2.75, 3.05) is 33.7 Å². The minimum Gasteiger partial charge on any atom is -0.356 e. The Balaban J connectivity index is 0.00000400. The molecule has 1 fully saturated rings. The van der Waals surface area contributed by atoms with Crippen LogP contribution in [0.2, 0.25) is 0 Å². The molecule has 0 aromatic heterocycles. The van der Waals surface area contributed by atoms with E-state index in [9.17, 15) is 4.79 Å². The number of carbonyl (C=O) groups excluding carboxylic acids is 1. The number of likely N-dealkylation sites (N-methyl/N-ethyl adjacent to an activating group) is 1. The van der Waals surface area contributed by atoms with E-state index in [1.165, 1.54) is 32.1 Å². The average Bonchev–Trinajstić information content (AvgIpc) is 2.47. The van der Waals surface area contributed by atoms with Gasteiger partial charge in [-0.25, -0.2) is 4.99 Å². The van der Waals surface area contributed by atoms with Gasteiger partial charge in [-0.2, -0.15) is 0 Å². The second-order valence-electron chi connectivity index (χ2n) is 5.51. The Bertz CT molecular complexity index is 339. The van der Waals surface area contributed by atoms with E-state index in [1.54, 1.807) is 25.1 Å². The van der Waals surface area contributed by atoms with Gasteiger partial charge in [-0.1, -0.05) is 25.3 Å². The van der Waals surface area contributed by atoms with E-state index in [4.69, 9.17) is 0 Å². The number of nitrogens with one attached hydrogen (secondary N) is 2. The fourth-order valence-electron chi connectivity index (χ4n) is 2.26. The molecule has 1 rings (SSSR count). The molecule has 1 saturated carbocycles. The van der Waals surface area contributed by atoms with Crippen LogP contribution in [-0.2, 0) is 4.79 Å². The second kappa shape index (κ2) is 11.8. The molecule has 0 aromatic rings. The summed E-state index contributed by atoms with van der Waals surface area (Å²) in [5.41, 5.74) is 0. The molecular weight excluding hydrogens is 379 g/mol. The van der Waals surface area contributed by atoms with Gasteiger partial charge in [0, 0.05) is 27.2 Å². The molecular formula is C15H29IN4O. The minimum absolute atomic E-state index is 0. The molecule has 1 aliphatic carbocycles. The SMILES string of the molecule is C=CCNC(=NCC(=O)N(C)C)NCC1CCCCC1.I. The zero-order valence-corrected chi connectivity index (χ0v) is 15.6. The van der Waals surface area contributed by atoms with Crippen LogP contribution in [0, 0.1) is 5.92 Å². The van der Waals surface area contributed by atoms with E-state index in [0.29, 0.717) is 12.5 Å². The van der Waals surface area contributed by atoms with Crippen molar-refractivity contribution in [2.24, 2.45) is 10.9 Å². The van der Waals surface area contributed by atoms with E-state index >= 15 is 0 Å². The van der Waals surface area contributed by atoms with Crippen LogP contribution in [-0.4, -0.2) is 50.5 Å². The maximum absolute atomic E-state index is 11.6. The smallest absolute Gasteiger partial charge is 0.243 e. The van der Waals surface area contributed by atoms with Gasteiger partial charge in [-0.05, 0) is 18.8 Å². The predicted octanol–water partition coefficient (Wildman–Crippen LogP) is 1.99. The third-order valence-corrected chi connectivity index (χ3v) is 3.57. The van der Waals surface area contributed by atoms with Gasteiger partial charge in [-0.15, -0.1) is 30.6 Å². The monoisotopic (exact) mass is 408 g/mol. The number of halogens is 1. The van der Waals surface area contributed by atoms with Crippen LogP contribution >= 0.6 is 24.0 Å². The fraction of sp³-hybridized carbons (Fsp3) is 0.733. The molecule has 0 heterocycles. The number of amides is 1. The Labute approximate surface area is 145 Å². The third kappa shape index (κ3) is 8.95. The quantitative estimate of drug-likeness (QED) is 0.306. The number of rotatable bonds is 6. The lowest BCUT2D eigenvalue weighted by molar-refractivity contribution is -0.127. The van der Waals surface area contributed by atoms with Crippen molar-refractivity contribution in [2.45, 2.75) is 32.1 Å². The molecule has 0 unspecified atom stereocenters. The van der Waals surface area contributed by atoms with Crippen LogP contribution in [0.1, 0.15) is 32.1 Å². The highest BCUT2D eigenvalue weighted by molar-refractivity contribution is 14.0. The van der Waals surface area contributed by atoms with Crippen LogP contribution in [0.5, 0.6) is 0 Å². The number of aliphatic imine (C=N–C) groups is 1. The number of guanidine groups is 1. The molecule has 1 aliphatic rings. The maximum atomic E-state index is 11.6. The van der Waals surface area contributed by atoms with Gasteiger partial charge < -0.3 is 15.5 Å². The van der Waals surface area contributed by atoms with Crippen LogP contribution in [0.15, 0.2) is 17.6 Å². The third-order valence-electron chi connectivity index (χ3n) is 3.57. The van der Waals surface area contributed by atoms with E-state index < -0.39 is 0 Å². The van der Waals surface area contributed by atoms with Gasteiger partial charge in [0.2, 0.25) is 5.91 Å². The highest BCUT2D eigenvalue weighted by Gasteiger charge is 2.13. The van der Waals surface area contributed by atoms with Crippen LogP contribution in [0.3, 0.4) is 0 Å². The molecule has 0 spiro atoms. The topological polar surface area (TPSA) is 56.7 Å². The highest BCUT2D eigenvalue weighted by atomic mass is 127. The lowest BCUT2D eigenvalue weighted by atomic mass is 9.89.